The summed E-state index contributed by atoms with van der Waals surface area (Å²) in [6.07, 6.45) is 0.174. The summed E-state index contributed by atoms with van der Waals surface area (Å²) in [6, 6.07) is 20.5. The van der Waals surface area contributed by atoms with E-state index in [9.17, 15) is 9.59 Å². The molecule has 2 aliphatic rings. The fraction of sp³-hybridized carbons (Fsp3) is 0.222. The highest BCUT2D eigenvalue weighted by molar-refractivity contribution is 7.22. The van der Waals surface area contributed by atoms with Crippen molar-refractivity contribution in [2.24, 2.45) is 0 Å². The van der Waals surface area contributed by atoms with E-state index in [1.807, 2.05) is 48.5 Å². The van der Waals surface area contributed by atoms with E-state index in [1.165, 1.54) is 0 Å². The van der Waals surface area contributed by atoms with Crippen molar-refractivity contribution >= 4 is 44.2 Å². The van der Waals surface area contributed by atoms with Gasteiger partial charge < -0.3 is 19.7 Å². The lowest BCUT2D eigenvalue weighted by Gasteiger charge is -2.25. The van der Waals surface area contributed by atoms with Crippen LogP contribution < -0.4 is 10.2 Å². The third-order valence-electron chi connectivity index (χ3n) is 6.33. The molecule has 0 saturated carbocycles. The third kappa shape index (κ3) is 4.38. The molecule has 0 spiro atoms. The minimum atomic E-state index is -0.362. The maximum atomic E-state index is 13.1. The molecule has 8 heteroatoms. The van der Waals surface area contributed by atoms with Crippen LogP contribution in [-0.2, 0) is 15.9 Å². The number of cyclic esters (lactones) is 1. The van der Waals surface area contributed by atoms with Gasteiger partial charge in [-0.25, -0.2) is 9.78 Å². The topological polar surface area (TPSA) is 80.8 Å². The fourth-order valence-electron chi connectivity index (χ4n) is 4.47. The van der Waals surface area contributed by atoms with Crippen molar-refractivity contribution in [1.29, 1.82) is 0 Å². The first-order chi connectivity index (χ1) is 17.1. The zero-order valence-corrected chi connectivity index (χ0v) is 19.7. The van der Waals surface area contributed by atoms with Crippen LogP contribution in [0.5, 0.6) is 0 Å². The van der Waals surface area contributed by atoms with Gasteiger partial charge in [-0.05, 0) is 47.5 Å². The largest absolute Gasteiger partial charge is 0.454 e. The van der Waals surface area contributed by atoms with E-state index < -0.39 is 0 Å². The summed E-state index contributed by atoms with van der Waals surface area (Å²) in [6.45, 7) is 3.09. The molecule has 6 rings (SSSR count). The Morgan fingerprint density at radius 1 is 1.03 bits per heavy atom. The first-order valence-electron chi connectivity index (χ1n) is 11.6. The maximum absolute atomic E-state index is 13.1. The van der Waals surface area contributed by atoms with E-state index in [0.29, 0.717) is 36.4 Å². The number of hydrogen-bond donors (Lipinski definition) is 1. The minimum absolute atomic E-state index is 0.222. The summed E-state index contributed by atoms with van der Waals surface area (Å²) >= 11 is 1.61. The lowest BCUT2D eigenvalue weighted by Crippen LogP contribution is -2.36. The van der Waals surface area contributed by atoms with Crippen LogP contribution >= 0.6 is 11.3 Å². The Labute approximate surface area is 206 Å². The Balaban J connectivity index is 1.21. The van der Waals surface area contributed by atoms with Crippen molar-refractivity contribution in [3.05, 3.63) is 89.0 Å². The van der Waals surface area contributed by atoms with Crippen molar-refractivity contribution in [2.75, 3.05) is 36.5 Å². The van der Waals surface area contributed by atoms with Gasteiger partial charge in [-0.3, -0.25) is 4.79 Å². The maximum Gasteiger partial charge on any atom is 0.339 e. The highest BCUT2D eigenvalue weighted by Gasteiger charge is 2.28. The van der Waals surface area contributed by atoms with Crippen LogP contribution in [0.4, 0.5) is 10.8 Å². The van der Waals surface area contributed by atoms with Crippen LogP contribution in [0, 0.1) is 0 Å². The molecule has 0 bridgehead atoms. The molecule has 1 saturated heterocycles. The molecule has 3 heterocycles. The number of morpholine rings is 1. The van der Waals surface area contributed by atoms with Crippen LogP contribution in [0.3, 0.4) is 0 Å². The third-order valence-corrected chi connectivity index (χ3v) is 7.41. The first-order valence-corrected chi connectivity index (χ1v) is 12.4. The number of esters is 1. The van der Waals surface area contributed by atoms with Crippen molar-refractivity contribution in [3.63, 3.8) is 0 Å². The molecule has 0 radical (unpaired) electrons. The number of fused-ring (bicyclic) bond motifs is 2. The number of rotatable bonds is 4. The monoisotopic (exact) mass is 485 g/mol. The van der Waals surface area contributed by atoms with Gasteiger partial charge >= 0.3 is 5.97 Å². The number of nitrogens with zero attached hydrogens (tertiary/aromatic N) is 2. The SMILES string of the molecule is O=C(Nc1ccc2nc(N3CCOCC3)sc2c1)c1ccc2c(c1)C[C@@H](c1ccccc1)OC2=O. The number of benzene rings is 3. The molecule has 1 N–H and O–H groups in total. The molecular formula is C27H23N3O4S. The Hall–Kier alpha value is -3.75. The second-order valence-corrected chi connectivity index (χ2v) is 9.62. The molecule has 7 nitrogen and oxygen atoms in total. The predicted molar refractivity (Wildman–Crippen MR) is 135 cm³/mol. The van der Waals surface area contributed by atoms with Crippen molar-refractivity contribution in [1.82, 2.24) is 4.98 Å². The van der Waals surface area contributed by atoms with Gasteiger partial charge in [0.1, 0.15) is 6.10 Å². The number of hydrogen-bond acceptors (Lipinski definition) is 7. The van der Waals surface area contributed by atoms with Crippen molar-refractivity contribution in [3.8, 4) is 0 Å². The quantitative estimate of drug-likeness (QED) is 0.417. The van der Waals surface area contributed by atoms with E-state index in [1.54, 1.807) is 29.5 Å². The van der Waals surface area contributed by atoms with Crippen LogP contribution in [0.2, 0.25) is 0 Å². The molecule has 1 amide bonds. The van der Waals surface area contributed by atoms with Gasteiger partial charge in [0.2, 0.25) is 0 Å². The Morgan fingerprint density at radius 2 is 1.86 bits per heavy atom. The molecule has 2 aliphatic heterocycles. The number of carbonyl (C=O) groups is 2. The summed E-state index contributed by atoms with van der Waals surface area (Å²) in [5, 5.41) is 3.96. The molecule has 4 aromatic rings. The van der Waals surface area contributed by atoms with E-state index >= 15 is 0 Å². The van der Waals surface area contributed by atoms with Gasteiger partial charge in [0.05, 0.1) is 29.0 Å². The molecule has 0 unspecified atom stereocenters. The van der Waals surface area contributed by atoms with Crippen molar-refractivity contribution in [2.45, 2.75) is 12.5 Å². The van der Waals surface area contributed by atoms with E-state index in [4.69, 9.17) is 14.5 Å². The predicted octanol–water partition coefficient (Wildman–Crippen LogP) is 4.84. The second-order valence-electron chi connectivity index (χ2n) is 8.61. The van der Waals surface area contributed by atoms with Gasteiger partial charge in [-0.15, -0.1) is 0 Å². The summed E-state index contributed by atoms with van der Waals surface area (Å²) in [5.41, 5.74) is 4.39. The Morgan fingerprint density at radius 3 is 2.69 bits per heavy atom. The van der Waals surface area contributed by atoms with E-state index in [2.05, 4.69) is 10.2 Å². The lowest BCUT2D eigenvalue weighted by molar-refractivity contribution is 0.0252. The van der Waals surface area contributed by atoms with Gasteiger partial charge in [-0.1, -0.05) is 41.7 Å². The zero-order chi connectivity index (χ0) is 23.8. The Kier molecular flexibility index (Phi) is 5.67. The number of aromatic nitrogens is 1. The average molecular weight is 486 g/mol. The van der Waals surface area contributed by atoms with Crippen molar-refractivity contribution < 1.29 is 19.1 Å². The highest BCUT2D eigenvalue weighted by atomic mass is 32.1. The molecule has 1 aromatic heterocycles. The number of carbonyl (C=O) groups excluding carboxylic acids is 2. The summed E-state index contributed by atoms with van der Waals surface area (Å²) in [4.78, 5) is 32.6. The zero-order valence-electron chi connectivity index (χ0n) is 18.9. The average Bonchev–Trinajstić information content (AvgIpc) is 3.33. The summed E-state index contributed by atoms with van der Waals surface area (Å²) in [5.74, 6) is -0.584. The second kappa shape index (κ2) is 9.13. The van der Waals surface area contributed by atoms with E-state index in [-0.39, 0.29) is 18.0 Å². The Bertz CT molecular complexity index is 1410. The molecular weight excluding hydrogens is 462 g/mol. The van der Waals surface area contributed by atoms with Crippen LogP contribution in [-0.4, -0.2) is 43.2 Å². The minimum Gasteiger partial charge on any atom is -0.454 e. The number of ether oxygens (including phenoxy) is 2. The highest BCUT2D eigenvalue weighted by Crippen LogP contribution is 2.33. The first kappa shape index (κ1) is 21.8. The van der Waals surface area contributed by atoms with Gasteiger partial charge in [0, 0.05) is 30.8 Å². The molecule has 0 aliphatic carbocycles. The number of amides is 1. The summed E-state index contributed by atoms with van der Waals surface area (Å²) in [7, 11) is 0. The van der Waals surface area contributed by atoms with Gasteiger partial charge in [0.15, 0.2) is 5.13 Å². The van der Waals surface area contributed by atoms with Gasteiger partial charge in [0.25, 0.3) is 5.91 Å². The normalized spacial score (nSPS) is 17.7. The van der Waals surface area contributed by atoms with Gasteiger partial charge in [-0.2, -0.15) is 0 Å². The van der Waals surface area contributed by atoms with Crippen LogP contribution in [0.1, 0.15) is 37.9 Å². The lowest BCUT2D eigenvalue weighted by atomic mass is 9.93. The molecule has 1 fully saturated rings. The van der Waals surface area contributed by atoms with Crippen LogP contribution in [0.15, 0.2) is 66.7 Å². The van der Waals surface area contributed by atoms with Crippen LogP contribution in [0.25, 0.3) is 10.2 Å². The smallest absolute Gasteiger partial charge is 0.339 e. The fourth-order valence-corrected chi connectivity index (χ4v) is 5.53. The standard InChI is InChI=1S/C27H23N3O4S/c31-25(28-20-7-9-22-24(16-20)35-27(29-22)30-10-12-33-13-11-30)18-6-8-21-19(14-18)15-23(34-26(21)32)17-4-2-1-3-5-17/h1-9,14,16,23H,10-13,15H2,(H,28,31)/t23-/m0/s1. The molecule has 3 aromatic carbocycles. The summed E-state index contributed by atoms with van der Waals surface area (Å²) < 4.78 is 12.1. The number of anilines is 2. The van der Waals surface area contributed by atoms with E-state index in [0.717, 1.165) is 39.6 Å². The molecule has 35 heavy (non-hydrogen) atoms. The number of nitrogens with one attached hydrogen (secondary N) is 1. The molecule has 176 valence electrons. The molecule has 1 atom stereocenters. The number of thiazole rings is 1.